The Labute approximate surface area is 121 Å². The second-order valence-electron chi connectivity index (χ2n) is 4.33. The Balaban J connectivity index is 2.17. The molecule has 19 heavy (non-hydrogen) atoms. The molecule has 2 aromatic carbocycles. The third-order valence-electron chi connectivity index (χ3n) is 2.94. The van der Waals surface area contributed by atoms with Gasteiger partial charge in [0.25, 0.3) is 0 Å². The molecule has 0 aliphatic carbocycles. The third kappa shape index (κ3) is 3.35. The fraction of sp³-hybridized carbons (Fsp3) is 0.133. The van der Waals surface area contributed by atoms with Crippen LogP contribution in [0.15, 0.2) is 46.9 Å². The fourth-order valence-corrected chi connectivity index (χ4v) is 2.41. The predicted octanol–water partition coefficient (Wildman–Crippen LogP) is 3.47. The maximum atomic E-state index is 11.3. The number of primary amides is 1. The zero-order valence-corrected chi connectivity index (χ0v) is 12.2. The summed E-state index contributed by atoms with van der Waals surface area (Å²) in [4.78, 5) is 11.3. The Bertz CT molecular complexity index is 611. The Morgan fingerprint density at radius 2 is 2.00 bits per heavy atom. The lowest BCUT2D eigenvalue weighted by molar-refractivity contribution is 0.0999. The number of hydrogen-bond donors (Lipinski definition) is 2. The van der Waals surface area contributed by atoms with Gasteiger partial charge < -0.3 is 11.1 Å². The first kappa shape index (κ1) is 13.6. The normalized spacial score (nSPS) is 10.2. The first-order valence-corrected chi connectivity index (χ1v) is 6.75. The number of rotatable bonds is 4. The monoisotopic (exact) mass is 318 g/mol. The molecule has 0 bridgehead atoms. The van der Waals surface area contributed by atoms with E-state index in [0.29, 0.717) is 12.1 Å². The van der Waals surface area contributed by atoms with Gasteiger partial charge in [-0.3, -0.25) is 4.79 Å². The van der Waals surface area contributed by atoms with Crippen molar-refractivity contribution in [2.24, 2.45) is 5.73 Å². The predicted molar refractivity (Wildman–Crippen MR) is 81.2 cm³/mol. The fourth-order valence-electron chi connectivity index (χ4n) is 1.93. The highest BCUT2D eigenvalue weighted by Crippen LogP contribution is 2.21. The van der Waals surface area contributed by atoms with Crippen LogP contribution in [0.4, 0.5) is 5.69 Å². The third-order valence-corrected chi connectivity index (χ3v) is 3.43. The van der Waals surface area contributed by atoms with Crippen LogP contribution in [0.1, 0.15) is 21.5 Å². The molecule has 3 nitrogen and oxygen atoms in total. The van der Waals surface area contributed by atoms with E-state index in [1.807, 2.05) is 43.3 Å². The maximum absolute atomic E-state index is 11.3. The van der Waals surface area contributed by atoms with Gasteiger partial charge in [-0.1, -0.05) is 34.1 Å². The van der Waals surface area contributed by atoms with Crippen molar-refractivity contribution in [1.29, 1.82) is 0 Å². The molecule has 0 aliphatic rings. The molecular weight excluding hydrogens is 304 g/mol. The minimum Gasteiger partial charge on any atom is -0.381 e. The topological polar surface area (TPSA) is 55.1 Å². The molecule has 0 radical (unpaired) electrons. The highest BCUT2D eigenvalue weighted by molar-refractivity contribution is 9.10. The number of anilines is 1. The van der Waals surface area contributed by atoms with Crippen LogP contribution in [0.2, 0.25) is 0 Å². The Hall–Kier alpha value is -1.81. The van der Waals surface area contributed by atoms with Crippen molar-refractivity contribution >= 4 is 27.5 Å². The molecule has 4 heteroatoms. The van der Waals surface area contributed by atoms with Crippen LogP contribution < -0.4 is 11.1 Å². The number of carbonyl (C=O) groups excluding carboxylic acids is 1. The van der Waals surface area contributed by atoms with Crippen LogP contribution >= 0.6 is 15.9 Å². The number of amides is 1. The van der Waals surface area contributed by atoms with Gasteiger partial charge in [-0.2, -0.15) is 0 Å². The van der Waals surface area contributed by atoms with E-state index in [1.54, 1.807) is 6.07 Å². The summed E-state index contributed by atoms with van der Waals surface area (Å²) in [6.45, 7) is 2.61. The average molecular weight is 319 g/mol. The quantitative estimate of drug-likeness (QED) is 0.906. The summed E-state index contributed by atoms with van der Waals surface area (Å²) in [6, 6.07) is 13.4. The van der Waals surface area contributed by atoms with E-state index in [9.17, 15) is 4.79 Å². The van der Waals surface area contributed by atoms with Gasteiger partial charge in [0, 0.05) is 22.3 Å². The molecule has 0 heterocycles. The lowest BCUT2D eigenvalue weighted by Crippen LogP contribution is -2.15. The van der Waals surface area contributed by atoms with Gasteiger partial charge in [0.2, 0.25) is 5.91 Å². The van der Waals surface area contributed by atoms with Gasteiger partial charge in [-0.05, 0) is 42.3 Å². The SMILES string of the molecule is Cc1cc(Br)ccc1NCc1ccccc1C(N)=O. The van der Waals surface area contributed by atoms with E-state index >= 15 is 0 Å². The molecule has 0 aliphatic heterocycles. The van der Waals surface area contributed by atoms with Crippen molar-refractivity contribution in [2.45, 2.75) is 13.5 Å². The molecule has 2 aromatic rings. The molecule has 0 saturated heterocycles. The van der Waals surface area contributed by atoms with E-state index in [1.165, 1.54) is 0 Å². The summed E-state index contributed by atoms with van der Waals surface area (Å²) in [7, 11) is 0. The average Bonchev–Trinajstić information content (AvgIpc) is 2.38. The van der Waals surface area contributed by atoms with Crippen molar-refractivity contribution in [3.8, 4) is 0 Å². The van der Waals surface area contributed by atoms with Crippen molar-refractivity contribution in [3.05, 3.63) is 63.6 Å². The molecule has 1 amide bonds. The summed E-state index contributed by atoms with van der Waals surface area (Å²) in [5, 5.41) is 3.32. The first-order chi connectivity index (χ1) is 9.08. The van der Waals surface area contributed by atoms with Crippen LogP contribution in [0.25, 0.3) is 0 Å². The van der Waals surface area contributed by atoms with E-state index in [-0.39, 0.29) is 0 Å². The Morgan fingerprint density at radius 1 is 1.26 bits per heavy atom. The molecule has 0 fully saturated rings. The van der Waals surface area contributed by atoms with Crippen molar-refractivity contribution < 1.29 is 4.79 Å². The maximum Gasteiger partial charge on any atom is 0.249 e. The molecule has 0 unspecified atom stereocenters. The number of aryl methyl sites for hydroxylation is 1. The number of hydrogen-bond acceptors (Lipinski definition) is 2. The van der Waals surface area contributed by atoms with Gasteiger partial charge in [-0.15, -0.1) is 0 Å². The van der Waals surface area contributed by atoms with Gasteiger partial charge in [0.15, 0.2) is 0 Å². The smallest absolute Gasteiger partial charge is 0.249 e. The first-order valence-electron chi connectivity index (χ1n) is 5.95. The van der Waals surface area contributed by atoms with Crippen molar-refractivity contribution in [1.82, 2.24) is 0 Å². The van der Waals surface area contributed by atoms with E-state index in [0.717, 1.165) is 21.3 Å². The molecule has 0 atom stereocenters. The molecule has 0 saturated carbocycles. The molecule has 0 aromatic heterocycles. The molecule has 2 rings (SSSR count). The second-order valence-corrected chi connectivity index (χ2v) is 5.25. The lowest BCUT2D eigenvalue weighted by Gasteiger charge is -2.12. The Morgan fingerprint density at radius 3 is 2.68 bits per heavy atom. The summed E-state index contributed by atoms with van der Waals surface area (Å²) in [6.07, 6.45) is 0. The van der Waals surface area contributed by atoms with Crippen LogP contribution in [-0.4, -0.2) is 5.91 Å². The van der Waals surface area contributed by atoms with E-state index in [4.69, 9.17) is 5.73 Å². The minimum absolute atomic E-state index is 0.398. The van der Waals surface area contributed by atoms with Gasteiger partial charge >= 0.3 is 0 Å². The van der Waals surface area contributed by atoms with E-state index in [2.05, 4.69) is 21.2 Å². The van der Waals surface area contributed by atoms with E-state index < -0.39 is 5.91 Å². The number of halogens is 1. The van der Waals surface area contributed by atoms with Crippen molar-refractivity contribution in [3.63, 3.8) is 0 Å². The highest BCUT2D eigenvalue weighted by atomic mass is 79.9. The zero-order valence-electron chi connectivity index (χ0n) is 10.6. The van der Waals surface area contributed by atoms with Gasteiger partial charge in [0.1, 0.15) is 0 Å². The van der Waals surface area contributed by atoms with Crippen LogP contribution in [-0.2, 0) is 6.54 Å². The number of nitrogens with two attached hydrogens (primary N) is 1. The molecule has 98 valence electrons. The van der Waals surface area contributed by atoms with Gasteiger partial charge in [-0.25, -0.2) is 0 Å². The number of nitrogens with one attached hydrogen (secondary N) is 1. The molecule has 3 N–H and O–H groups in total. The minimum atomic E-state index is -0.398. The number of benzene rings is 2. The summed E-state index contributed by atoms with van der Waals surface area (Å²) in [5.41, 5.74) is 9.01. The largest absolute Gasteiger partial charge is 0.381 e. The van der Waals surface area contributed by atoms with Crippen molar-refractivity contribution in [2.75, 3.05) is 5.32 Å². The summed E-state index contributed by atoms with van der Waals surface area (Å²) < 4.78 is 1.05. The molecule has 0 spiro atoms. The zero-order chi connectivity index (χ0) is 13.8. The standard InChI is InChI=1S/C15H15BrN2O/c1-10-8-12(16)6-7-14(10)18-9-11-4-2-3-5-13(11)15(17)19/h2-8,18H,9H2,1H3,(H2,17,19). The lowest BCUT2D eigenvalue weighted by atomic mass is 10.1. The summed E-state index contributed by atoms with van der Waals surface area (Å²) in [5.74, 6) is -0.398. The van der Waals surface area contributed by atoms with Crippen LogP contribution in [0.3, 0.4) is 0 Å². The van der Waals surface area contributed by atoms with Gasteiger partial charge in [0.05, 0.1) is 0 Å². The highest BCUT2D eigenvalue weighted by Gasteiger charge is 2.07. The molecular formula is C15H15BrN2O. The number of carbonyl (C=O) groups is 1. The Kier molecular flexibility index (Phi) is 4.22. The van der Waals surface area contributed by atoms with Crippen LogP contribution in [0.5, 0.6) is 0 Å². The summed E-state index contributed by atoms with van der Waals surface area (Å²) >= 11 is 3.43. The second kappa shape index (κ2) is 5.89. The van der Waals surface area contributed by atoms with Crippen LogP contribution in [0, 0.1) is 6.92 Å².